The Morgan fingerprint density at radius 3 is 1.77 bits per heavy atom. The molecule has 0 saturated carbocycles. The number of hydrogen-bond donors (Lipinski definition) is 3. The van der Waals surface area contributed by atoms with E-state index in [0.29, 0.717) is 12.8 Å². The number of esters is 2. The van der Waals surface area contributed by atoms with Gasteiger partial charge < -0.3 is 24.6 Å². The second kappa shape index (κ2) is 32.5. The van der Waals surface area contributed by atoms with Crippen LogP contribution in [-0.2, 0) is 32.7 Å². The Morgan fingerprint density at radius 1 is 0.660 bits per heavy atom. The van der Waals surface area contributed by atoms with Crippen molar-refractivity contribution in [3.05, 3.63) is 48.6 Å². The van der Waals surface area contributed by atoms with E-state index < -0.39 is 51.8 Å². The summed E-state index contributed by atoms with van der Waals surface area (Å²) in [6.07, 6.45) is 30.9. The van der Waals surface area contributed by atoms with Crippen molar-refractivity contribution in [3.8, 4) is 0 Å². The Hall–Kier alpha value is -2.07. The van der Waals surface area contributed by atoms with Crippen LogP contribution < -0.4 is 0 Å². The number of hydrogen-bond acceptors (Lipinski definition) is 9. The number of carbonyl (C=O) groups is 2. The topological polar surface area (TPSA) is 149 Å². The number of allylic oxidation sites excluding steroid dienone is 8. The molecule has 3 N–H and O–H groups in total. The Labute approximate surface area is 283 Å². The smallest absolute Gasteiger partial charge is 0.462 e. The zero-order valence-corrected chi connectivity index (χ0v) is 29.9. The molecule has 0 aliphatic heterocycles. The van der Waals surface area contributed by atoms with Crippen LogP contribution >= 0.6 is 7.82 Å². The molecule has 47 heavy (non-hydrogen) atoms. The lowest BCUT2D eigenvalue weighted by Gasteiger charge is -2.20. The van der Waals surface area contributed by atoms with Gasteiger partial charge in [0.15, 0.2) is 6.10 Å². The molecule has 0 aromatic carbocycles. The van der Waals surface area contributed by atoms with Crippen LogP contribution in [0.1, 0.15) is 129 Å². The average molecular weight is 687 g/mol. The molecule has 0 rings (SSSR count). The van der Waals surface area contributed by atoms with E-state index in [9.17, 15) is 24.2 Å². The maximum atomic E-state index is 12.5. The molecule has 272 valence electrons. The zero-order chi connectivity index (χ0) is 34.9. The second-order valence-electron chi connectivity index (χ2n) is 11.6. The van der Waals surface area contributed by atoms with Gasteiger partial charge in [-0.05, 0) is 32.1 Å². The first-order valence-electron chi connectivity index (χ1n) is 17.6. The van der Waals surface area contributed by atoms with Crippen LogP contribution in [0.15, 0.2) is 48.6 Å². The first kappa shape index (κ1) is 44.9. The highest BCUT2D eigenvalue weighted by molar-refractivity contribution is 7.47. The van der Waals surface area contributed by atoms with Gasteiger partial charge in [0.05, 0.1) is 19.8 Å². The van der Waals surface area contributed by atoms with Crippen molar-refractivity contribution < 1.29 is 47.8 Å². The zero-order valence-electron chi connectivity index (χ0n) is 29.0. The maximum Gasteiger partial charge on any atom is 0.472 e. The molecule has 0 fully saturated rings. The van der Waals surface area contributed by atoms with Gasteiger partial charge in [0.2, 0.25) is 0 Å². The van der Waals surface area contributed by atoms with Crippen molar-refractivity contribution in [1.29, 1.82) is 0 Å². The first-order chi connectivity index (χ1) is 22.7. The molecule has 3 atom stereocenters. The molecule has 0 aromatic rings. The van der Waals surface area contributed by atoms with Crippen LogP contribution in [0.4, 0.5) is 0 Å². The van der Waals surface area contributed by atoms with Crippen LogP contribution in [0.2, 0.25) is 0 Å². The highest BCUT2D eigenvalue weighted by atomic mass is 31.2. The summed E-state index contributed by atoms with van der Waals surface area (Å²) < 4.78 is 32.4. The van der Waals surface area contributed by atoms with E-state index in [1.54, 1.807) is 0 Å². The van der Waals surface area contributed by atoms with Crippen LogP contribution in [-0.4, -0.2) is 65.7 Å². The fraction of sp³-hybridized carbons (Fsp3) is 0.722. The van der Waals surface area contributed by atoms with Gasteiger partial charge >= 0.3 is 19.8 Å². The van der Waals surface area contributed by atoms with Gasteiger partial charge in [0, 0.05) is 12.8 Å². The number of phosphoric acid groups is 1. The minimum absolute atomic E-state index is 0.138. The summed E-state index contributed by atoms with van der Waals surface area (Å²) in [7, 11) is -4.62. The molecule has 2 unspecified atom stereocenters. The summed E-state index contributed by atoms with van der Waals surface area (Å²) in [5.74, 6) is -0.976. The van der Waals surface area contributed by atoms with E-state index >= 15 is 0 Å². The van der Waals surface area contributed by atoms with E-state index in [4.69, 9.17) is 19.1 Å². The monoisotopic (exact) mass is 686 g/mol. The van der Waals surface area contributed by atoms with Crippen molar-refractivity contribution in [2.45, 2.75) is 142 Å². The van der Waals surface area contributed by atoms with Crippen molar-refractivity contribution >= 4 is 19.8 Å². The Bertz CT molecular complexity index is 931. The SMILES string of the molecule is CC/C=C/C=C/C=C/C=C/CCCCCC(=O)OC(COC(=O)CCCCCCCCCCCCC)COP(=O)(O)OC[C@@H](O)CO. The number of unbranched alkanes of at least 4 members (excludes halogenated alkanes) is 13. The Balaban J connectivity index is 4.50. The summed E-state index contributed by atoms with van der Waals surface area (Å²) in [4.78, 5) is 34.7. The van der Waals surface area contributed by atoms with Crippen LogP contribution in [0, 0.1) is 0 Å². The summed E-state index contributed by atoms with van der Waals surface area (Å²) in [5.41, 5.74) is 0. The predicted octanol–water partition coefficient (Wildman–Crippen LogP) is 8.21. The molecular formula is C36H63O10P. The first-order valence-corrected chi connectivity index (χ1v) is 19.1. The van der Waals surface area contributed by atoms with Gasteiger partial charge in [0.1, 0.15) is 12.7 Å². The van der Waals surface area contributed by atoms with E-state index in [2.05, 4.69) is 30.5 Å². The lowest BCUT2D eigenvalue weighted by molar-refractivity contribution is -0.161. The van der Waals surface area contributed by atoms with E-state index in [1.165, 1.54) is 44.9 Å². The molecule has 0 saturated heterocycles. The quantitative estimate of drug-likeness (QED) is 0.0274. The van der Waals surface area contributed by atoms with E-state index in [-0.39, 0.29) is 19.4 Å². The fourth-order valence-corrected chi connectivity index (χ4v) is 5.14. The molecule has 11 heteroatoms. The normalized spacial score (nSPS) is 14.7. The number of aliphatic hydroxyl groups excluding tert-OH is 2. The molecule has 0 bridgehead atoms. The molecule has 0 amide bonds. The standard InChI is InChI=1S/C36H63O10P/c1-3-5-7-9-11-13-15-16-18-20-22-24-26-28-36(40)46-34(32-45-47(41,42)44-30-33(38)29-37)31-43-35(39)27-25-23-21-19-17-14-12-10-8-6-4-2/h5,7,9,11,13,15-16,18,33-34,37-38H,3-4,6,8,10,12,14,17,19-32H2,1-2H3,(H,41,42)/b7-5+,11-9+,15-13+,18-16+/t33-,34?/m0/s1. The summed E-state index contributed by atoms with van der Waals surface area (Å²) >= 11 is 0. The van der Waals surface area contributed by atoms with Gasteiger partial charge in [0.25, 0.3) is 0 Å². The molecule has 0 aliphatic carbocycles. The number of rotatable bonds is 32. The fourth-order valence-electron chi connectivity index (χ4n) is 4.35. The maximum absolute atomic E-state index is 12.5. The van der Waals surface area contributed by atoms with Gasteiger partial charge in [-0.25, -0.2) is 4.57 Å². The number of aliphatic hydroxyl groups is 2. The molecule has 0 aromatic heterocycles. The lowest BCUT2D eigenvalue weighted by Crippen LogP contribution is -2.29. The van der Waals surface area contributed by atoms with E-state index in [0.717, 1.165) is 44.9 Å². The third-order valence-electron chi connectivity index (χ3n) is 7.09. The van der Waals surface area contributed by atoms with Crippen molar-refractivity contribution in [2.24, 2.45) is 0 Å². The third kappa shape index (κ3) is 32.3. The largest absolute Gasteiger partial charge is 0.472 e. The van der Waals surface area contributed by atoms with E-state index in [1.807, 2.05) is 36.5 Å². The average Bonchev–Trinajstić information content (AvgIpc) is 3.05. The third-order valence-corrected chi connectivity index (χ3v) is 8.04. The summed E-state index contributed by atoms with van der Waals surface area (Å²) in [5, 5.41) is 18.2. The van der Waals surface area contributed by atoms with Gasteiger partial charge in [-0.2, -0.15) is 0 Å². The van der Waals surface area contributed by atoms with Crippen molar-refractivity contribution in [2.75, 3.05) is 26.4 Å². The van der Waals surface area contributed by atoms with Gasteiger partial charge in [-0.15, -0.1) is 0 Å². The summed E-state index contributed by atoms with van der Waals surface area (Å²) in [6, 6.07) is 0. The van der Waals surface area contributed by atoms with Crippen LogP contribution in [0.5, 0.6) is 0 Å². The van der Waals surface area contributed by atoms with Crippen LogP contribution in [0.25, 0.3) is 0 Å². The minimum Gasteiger partial charge on any atom is -0.462 e. The van der Waals surface area contributed by atoms with Gasteiger partial charge in [-0.3, -0.25) is 18.6 Å². The predicted molar refractivity (Wildman–Crippen MR) is 187 cm³/mol. The second-order valence-corrected chi connectivity index (χ2v) is 13.1. The molecular weight excluding hydrogens is 623 g/mol. The Kier molecular flexibility index (Phi) is 31.0. The minimum atomic E-state index is -4.62. The van der Waals surface area contributed by atoms with Crippen molar-refractivity contribution in [3.63, 3.8) is 0 Å². The number of carbonyl (C=O) groups excluding carboxylic acids is 2. The molecule has 0 heterocycles. The van der Waals surface area contributed by atoms with Crippen molar-refractivity contribution in [1.82, 2.24) is 0 Å². The molecule has 0 aliphatic rings. The number of phosphoric ester groups is 1. The highest BCUT2D eigenvalue weighted by Gasteiger charge is 2.27. The molecule has 0 spiro atoms. The lowest BCUT2D eigenvalue weighted by atomic mass is 10.1. The number of ether oxygens (including phenoxy) is 2. The Morgan fingerprint density at radius 2 is 1.17 bits per heavy atom. The molecule has 0 radical (unpaired) electrons. The van der Waals surface area contributed by atoms with Gasteiger partial charge in [-0.1, -0.05) is 133 Å². The molecule has 10 nitrogen and oxygen atoms in total. The summed E-state index contributed by atoms with van der Waals surface area (Å²) in [6.45, 7) is 2.14. The highest BCUT2D eigenvalue weighted by Crippen LogP contribution is 2.43. The van der Waals surface area contributed by atoms with Crippen LogP contribution in [0.3, 0.4) is 0 Å².